The first-order chi connectivity index (χ1) is 16.5. The minimum atomic E-state index is -0.212. The van der Waals surface area contributed by atoms with Gasteiger partial charge in [-0.3, -0.25) is 9.78 Å². The zero-order valence-electron chi connectivity index (χ0n) is 20.5. The summed E-state index contributed by atoms with van der Waals surface area (Å²) in [6, 6.07) is 18.6. The third-order valence-electron chi connectivity index (χ3n) is 5.12. The van der Waals surface area contributed by atoms with Gasteiger partial charge in [-0.25, -0.2) is 0 Å². The lowest BCUT2D eigenvalue weighted by molar-refractivity contribution is 0.0663. The summed E-state index contributed by atoms with van der Waals surface area (Å²) in [6.07, 6.45) is 2.70. The van der Waals surface area contributed by atoms with Crippen LogP contribution in [0.1, 0.15) is 55.4 Å². The van der Waals surface area contributed by atoms with Crippen molar-refractivity contribution in [1.29, 1.82) is 0 Å². The van der Waals surface area contributed by atoms with E-state index in [1.54, 1.807) is 6.07 Å². The Hall–Kier alpha value is -3.38. The summed E-state index contributed by atoms with van der Waals surface area (Å²) in [5, 5.41) is 2.95. The maximum atomic E-state index is 12.9. The van der Waals surface area contributed by atoms with E-state index < -0.39 is 0 Å². The third kappa shape index (κ3) is 7.32. The highest BCUT2D eigenvalue weighted by atomic mass is 16.5. The molecular weight excluding hydrogens is 428 g/mol. The van der Waals surface area contributed by atoms with Crippen LogP contribution in [-0.2, 0) is 11.2 Å². The van der Waals surface area contributed by atoms with Gasteiger partial charge in [0.15, 0.2) is 11.5 Å². The average Bonchev–Trinajstić information content (AvgIpc) is 2.82. The van der Waals surface area contributed by atoms with Crippen molar-refractivity contribution in [2.24, 2.45) is 0 Å². The number of carbonyl (C=O) groups excluding carboxylic acids is 1. The highest BCUT2D eigenvalue weighted by Gasteiger charge is 2.13. The number of hydrogen-bond donors (Lipinski definition) is 1. The molecule has 3 aromatic rings. The van der Waals surface area contributed by atoms with Gasteiger partial charge in [0.2, 0.25) is 0 Å². The zero-order chi connectivity index (χ0) is 24.3. The van der Waals surface area contributed by atoms with E-state index in [2.05, 4.69) is 24.1 Å². The fraction of sp³-hybridized carbons (Fsp3) is 0.357. The highest BCUT2D eigenvalue weighted by molar-refractivity contribution is 6.05. The number of nitrogens with one attached hydrogen (secondary N) is 1. The van der Waals surface area contributed by atoms with Gasteiger partial charge in [0.05, 0.1) is 24.0 Å². The van der Waals surface area contributed by atoms with Gasteiger partial charge < -0.3 is 19.5 Å². The monoisotopic (exact) mass is 462 g/mol. The quantitative estimate of drug-likeness (QED) is 0.329. The fourth-order valence-electron chi connectivity index (χ4n) is 3.47. The van der Waals surface area contributed by atoms with Gasteiger partial charge in [-0.15, -0.1) is 0 Å². The van der Waals surface area contributed by atoms with E-state index in [4.69, 9.17) is 14.2 Å². The van der Waals surface area contributed by atoms with Crippen LogP contribution in [0.25, 0.3) is 0 Å². The number of hydrogen-bond acceptors (Lipinski definition) is 5. The summed E-state index contributed by atoms with van der Waals surface area (Å²) in [4.78, 5) is 17.5. The number of pyridine rings is 1. The number of aryl methyl sites for hydroxylation is 1. The molecule has 1 unspecified atom stereocenters. The molecule has 0 saturated carbocycles. The molecule has 180 valence electrons. The molecule has 0 fully saturated rings. The molecule has 0 aliphatic rings. The molecular formula is C28H34N2O4. The van der Waals surface area contributed by atoms with Crippen molar-refractivity contribution < 1.29 is 19.0 Å². The number of para-hydroxylation sites is 2. The maximum absolute atomic E-state index is 12.9. The summed E-state index contributed by atoms with van der Waals surface area (Å²) in [5.41, 5.74) is 2.78. The molecule has 1 heterocycles. The summed E-state index contributed by atoms with van der Waals surface area (Å²) in [6.45, 7) is 9.39. The van der Waals surface area contributed by atoms with E-state index in [1.165, 1.54) is 0 Å². The topological polar surface area (TPSA) is 69.7 Å². The van der Waals surface area contributed by atoms with Gasteiger partial charge >= 0.3 is 0 Å². The Balaban J connectivity index is 1.66. The number of anilines is 1. The highest BCUT2D eigenvalue weighted by Crippen LogP contribution is 2.32. The molecule has 2 aromatic carbocycles. The van der Waals surface area contributed by atoms with E-state index in [9.17, 15) is 4.79 Å². The van der Waals surface area contributed by atoms with Gasteiger partial charge in [-0.2, -0.15) is 0 Å². The Morgan fingerprint density at radius 1 is 0.971 bits per heavy atom. The first-order valence-electron chi connectivity index (χ1n) is 11.9. The number of carbonyl (C=O) groups is 1. The van der Waals surface area contributed by atoms with Crippen LogP contribution in [0.5, 0.6) is 17.2 Å². The normalized spacial score (nSPS) is 11.6. The van der Waals surface area contributed by atoms with Gasteiger partial charge in [0, 0.05) is 30.5 Å². The number of amides is 1. The van der Waals surface area contributed by atoms with Crippen molar-refractivity contribution in [3.8, 4) is 17.2 Å². The van der Waals surface area contributed by atoms with Gasteiger partial charge in [0.25, 0.3) is 5.91 Å². The van der Waals surface area contributed by atoms with Crippen LogP contribution in [0.15, 0.2) is 60.7 Å². The Morgan fingerprint density at radius 2 is 1.74 bits per heavy atom. The molecule has 3 rings (SSSR count). The molecule has 0 saturated heterocycles. The van der Waals surface area contributed by atoms with Crippen LogP contribution >= 0.6 is 0 Å². The van der Waals surface area contributed by atoms with Crippen LogP contribution in [-0.4, -0.2) is 30.2 Å². The van der Waals surface area contributed by atoms with E-state index in [0.717, 1.165) is 25.1 Å². The van der Waals surface area contributed by atoms with E-state index in [1.807, 2.05) is 68.4 Å². The molecule has 1 atom stereocenters. The summed E-state index contributed by atoms with van der Waals surface area (Å²) in [7, 11) is 0. The van der Waals surface area contributed by atoms with E-state index in [0.29, 0.717) is 47.2 Å². The van der Waals surface area contributed by atoms with Gasteiger partial charge in [-0.05, 0) is 63.1 Å². The molecule has 1 aromatic heterocycles. The molecule has 6 heteroatoms. The molecule has 1 amide bonds. The second-order valence-electron chi connectivity index (χ2n) is 8.20. The second kappa shape index (κ2) is 12.8. The molecule has 0 aliphatic heterocycles. The Labute approximate surface area is 202 Å². The van der Waals surface area contributed by atoms with Crippen LogP contribution in [0.4, 0.5) is 5.69 Å². The molecule has 34 heavy (non-hydrogen) atoms. The average molecular weight is 463 g/mol. The summed E-state index contributed by atoms with van der Waals surface area (Å²) < 4.78 is 17.5. The third-order valence-corrected chi connectivity index (χ3v) is 5.12. The number of ether oxygens (including phenoxy) is 3. The lowest BCUT2D eigenvalue weighted by atomic mass is 10.1. The number of aromatic nitrogens is 1. The predicted molar refractivity (Wildman–Crippen MR) is 135 cm³/mol. The molecule has 0 aliphatic carbocycles. The van der Waals surface area contributed by atoms with Crippen LogP contribution in [0.2, 0.25) is 0 Å². The molecule has 6 nitrogen and oxygen atoms in total. The van der Waals surface area contributed by atoms with Crippen LogP contribution in [0, 0.1) is 6.92 Å². The number of benzene rings is 2. The lowest BCUT2D eigenvalue weighted by Gasteiger charge is -2.14. The Kier molecular flexibility index (Phi) is 9.47. The van der Waals surface area contributed by atoms with Crippen molar-refractivity contribution in [2.75, 3.05) is 18.5 Å². The first kappa shape index (κ1) is 25.2. The van der Waals surface area contributed by atoms with E-state index >= 15 is 0 Å². The Bertz CT molecular complexity index is 1080. The molecule has 0 radical (unpaired) electrons. The van der Waals surface area contributed by atoms with Crippen LogP contribution < -0.4 is 14.8 Å². The van der Waals surface area contributed by atoms with E-state index in [-0.39, 0.29) is 12.0 Å². The van der Waals surface area contributed by atoms with Crippen molar-refractivity contribution >= 4 is 11.6 Å². The SMILES string of the molecule is CCCOc1ccccc1Oc1cccc(NC(=O)c2ccc(CC(C)OCCC)nc2C)c1. The summed E-state index contributed by atoms with van der Waals surface area (Å²) in [5.74, 6) is 1.72. The van der Waals surface area contributed by atoms with Crippen molar-refractivity contribution in [1.82, 2.24) is 4.98 Å². The molecule has 0 bridgehead atoms. The Morgan fingerprint density at radius 3 is 2.47 bits per heavy atom. The van der Waals surface area contributed by atoms with Crippen molar-refractivity contribution in [3.05, 3.63) is 77.6 Å². The standard InChI is InChI=1S/C28H34N2O4/c1-5-16-32-20(3)18-23-14-15-25(21(4)29-23)28(31)30-22-10-9-11-24(19-22)34-27-13-8-7-12-26(27)33-17-6-2/h7-15,19-20H,5-6,16-18H2,1-4H3,(H,30,31). The van der Waals surface area contributed by atoms with Gasteiger partial charge in [0.1, 0.15) is 5.75 Å². The second-order valence-corrected chi connectivity index (χ2v) is 8.20. The zero-order valence-corrected chi connectivity index (χ0v) is 20.5. The minimum absolute atomic E-state index is 0.0896. The predicted octanol–water partition coefficient (Wildman–Crippen LogP) is 6.58. The largest absolute Gasteiger partial charge is 0.490 e. The van der Waals surface area contributed by atoms with Gasteiger partial charge in [-0.1, -0.05) is 32.0 Å². The van der Waals surface area contributed by atoms with Crippen molar-refractivity contribution in [2.45, 2.75) is 53.1 Å². The minimum Gasteiger partial charge on any atom is -0.490 e. The first-order valence-corrected chi connectivity index (χ1v) is 11.9. The molecule has 1 N–H and O–H groups in total. The molecule has 0 spiro atoms. The fourth-order valence-corrected chi connectivity index (χ4v) is 3.47. The number of rotatable bonds is 12. The maximum Gasteiger partial charge on any atom is 0.257 e. The number of nitrogens with zero attached hydrogens (tertiary/aromatic N) is 1. The smallest absolute Gasteiger partial charge is 0.257 e. The summed E-state index contributed by atoms with van der Waals surface area (Å²) >= 11 is 0. The van der Waals surface area contributed by atoms with Crippen molar-refractivity contribution in [3.63, 3.8) is 0 Å². The van der Waals surface area contributed by atoms with Crippen LogP contribution in [0.3, 0.4) is 0 Å². The lowest BCUT2D eigenvalue weighted by Crippen LogP contribution is -2.16.